The van der Waals surface area contributed by atoms with Crippen molar-refractivity contribution in [3.63, 3.8) is 0 Å². The number of benzene rings is 1. The van der Waals surface area contributed by atoms with Crippen LogP contribution in [0.5, 0.6) is 11.5 Å². The van der Waals surface area contributed by atoms with Crippen molar-refractivity contribution in [1.29, 1.82) is 0 Å². The molecule has 6 nitrogen and oxygen atoms in total. The molecule has 2 rings (SSSR count). The highest BCUT2D eigenvalue weighted by atomic mass is 32.1. The lowest BCUT2D eigenvalue weighted by atomic mass is 10.2. The fourth-order valence-electron chi connectivity index (χ4n) is 2.28. The summed E-state index contributed by atoms with van der Waals surface area (Å²) in [7, 11) is 1.51. The van der Waals surface area contributed by atoms with Gasteiger partial charge < -0.3 is 19.5 Å². The van der Waals surface area contributed by atoms with E-state index in [0.717, 1.165) is 4.88 Å². The van der Waals surface area contributed by atoms with E-state index in [2.05, 4.69) is 5.32 Å². The summed E-state index contributed by atoms with van der Waals surface area (Å²) in [6, 6.07) is 8.53. The Labute approximate surface area is 163 Å². The van der Waals surface area contributed by atoms with Crippen LogP contribution in [0.2, 0.25) is 0 Å². The van der Waals surface area contributed by atoms with E-state index in [1.807, 2.05) is 38.3 Å². The van der Waals surface area contributed by atoms with E-state index in [1.165, 1.54) is 7.11 Å². The Hall–Kier alpha value is -2.54. The molecule has 0 radical (unpaired) electrons. The minimum atomic E-state index is -0.595. The molecule has 0 saturated heterocycles. The van der Waals surface area contributed by atoms with Crippen LogP contribution in [0, 0.1) is 5.92 Å². The third-order valence-corrected chi connectivity index (χ3v) is 4.71. The molecule has 0 saturated carbocycles. The van der Waals surface area contributed by atoms with Gasteiger partial charge in [-0.15, -0.1) is 11.3 Å². The predicted octanol–water partition coefficient (Wildman–Crippen LogP) is 3.83. The number of amides is 1. The van der Waals surface area contributed by atoms with Gasteiger partial charge in [-0.05, 0) is 42.5 Å². The number of methoxy groups -OCH3 is 1. The zero-order valence-electron chi connectivity index (χ0n) is 16.0. The van der Waals surface area contributed by atoms with E-state index in [9.17, 15) is 9.59 Å². The third kappa shape index (κ3) is 6.29. The van der Waals surface area contributed by atoms with Crippen molar-refractivity contribution >= 4 is 23.2 Å². The Kier molecular flexibility index (Phi) is 7.67. The number of ether oxygens (including phenoxy) is 3. The van der Waals surface area contributed by atoms with Gasteiger partial charge in [-0.3, -0.25) is 4.79 Å². The third-order valence-electron chi connectivity index (χ3n) is 3.65. The lowest BCUT2D eigenvalue weighted by Gasteiger charge is -2.14. The highest BCUT2D eigenvalue weighted by Crippen LogP contribution is 2.28. The molecule has 1 heterocycles. The Morgan fingerprint density at radius 2 is 1.93 bits per heavy atom. The van der Waals surface area contributed by atoms with Gasteiger partial charge in [0.15, 0.2) is 18.1 Å². The predicted molar refractivity (Wildman–Crippen MR) is 104 cm³/mol. The summed E-state index contributed by atoms with van der Waals surface area (Å²) >= 11 is 1.56. The molecular formula is C20H25NO5S. The molecule has 1 N–H and O–H groups in total. The van der Waals surface area contributed by atoms with Crippen LogP contribution < -0.4 is 14.8 Å². The molecule has 0 aliphatic heterocycles. The van der Waals surface area contributed by atoms with Crippen LogP contribution in [0.3, 0.4) is 0 Å². The van der Waals surface area contributed by atoms with Gasteiger partial charge in [0.1, 0.15) is 0 Å². The highest BCUT2D eigenvalue weighted by molar-refractivity contribution is 7.10. The number of nitrogens with one attached hydrogen (secondary N) is 1. The summed E-state index contributed by atoms with van der Waals surface area (Å²) in [5.74, 6) is 0.427. The van der Waals surface area contributed by atoms with Gasteiger partial charge in [-0.1, -0.05) is 19.9 Å². The molecule has 0 bridgehead atoms. The number of esters is 1. The Morgan fingerprint density at radius 1 is 1.15 bits per heavy atom. The lowest BCUT2D eigenvalue weighted by molar-refractivity contribution is -0.124. The molecule has 0 aliphatic rings. The molecule has 0 aliphatic carbocycles. The molecule has 0 unspecified atom stereocenters. The van der Waals surface area contributed by atoms with E-state index in [-0.39, 0.29) is 18.6 Å². The Morgan fingerprint density at radius 3 is 2.56 bits per heavy atom. The van der Waals surface area contributed by atoms with Gasteiger partial charge in [0, 0.05) is 4.88 Å². The van der Waals surface area contributed by atoms with Crippen molar-refractivity contribution < 1.29 is 23.8 Å². The van der Waals surface area contributed by atoms with Crippen molar-refractivity contribution in [1.82, 2.24) is 5.32 Å². The van der Waals surface area contributed by atoms with Crippen molar-refractivity contribution in [3.8, 4) is 11.5 Å². The topological polar surface area (TPSA) is 73.9 Å². The summed E-state index contributed by atoms with van der Waals surface area (Å²) in [6.45, 7) is 6.17. The smallest absolute Gasteiger partial charge is 0.338 e. The van der Waals surface area contributed by atoms with E-state index in [4.69, 9.17) is 14.2 Å². The second-order valence-corrected chi connectivity index (χ2v) is 7.43. The van der Waals surface area contributed by atoms with Crippen molar-refractivity contribution in [2.24, 2.45) is 5.92 Å². The first-order valence-corrected chi connectivity index (χ1v) is 9.59. The molecule has 1 atom stereocenters. The molecule has 146 valence electrons. The van der Waals surface area contributed by atoms with Gasteiger partial charge in [0.25, 0.3) is 5.91 Å². The molecule has 1 aromatic carbocycles. The normalized spacial score (nSPS) is 11.7. The van der Waals surface area contributed by atoms with Crippen molar-refractivity contribution in [3.05, 3.63) is 46.2 Å². The minimum Gasteiger partial charge on any atom is -0.493 e. The number of hydrogen-bond acceptors (Lipinski definition) is 6. The molecule has 27 heavy (non-hydrogen) atoms. The number of carbonyl (C=O) groups is 2. The summed E-state index contributed by atoms with van der Waals surface area (Å²) in [4.78, 5) is 25.2. The maximum atomic E-state index is 12.2. The van der Waals surface area contributed by atoms with Crippen LogP contribution in [0.25, 0.3) is 0 Å². The average molecular weight is 391 g/mol. The van der Waals surface area contributed by atoms with Gasteiger partial charge in [-0.25, -0.2) is 4.79 Å². The minimum absolute atomic E-state index is 0.131. The summed E-state index contributed by atoms with van der Waals surface area (Å²) in [5.41, 5.74) is 0.294. The lowest BCUT2D eigenvalue weighted by Crippen LogP contribution is -2.30. The monoisotopic (exact) mass is 391 g/mol. The van der Waals surface area contributed by atoms with E-state index >= 15 is 0 Å². The number of carbonyl (C=O) groups excluding carboxylic acids is 2. The van der Waals surface area contributed by atoms with Crippen LogP contribution in [-0.2, 0) is 9.53 Å². The van der Waals surface area contributed by atoms with Gasteiger partial charge in [0.2, 0.25) is 0 Å². The van der Waals surface area contributed by atoms with E-state index in [0.29, 0.717) is 29.6 Å². The number of hydrogen-bond donors (Lipinski definition) is 1. The molecule has 1 amide bonds. The largest absolute Gasteiger partial charge is 0.493 e. The van der Waals surface area contributed by atoms with Crippen LogP contribution in [0.4, 0.5) is 0 Å². The maximum Gasteiger partial charge on any atom is 0.338 e. The second kappa shape index (κ2) is 9.97. The fourth-order valence-corrected chi connectivity index (χ4v) is 3.01. The molecule has 1 aromatic heterocycles. The first-order chi connectivity index (χ1) is 12.9. The SMILES string of the molecule is COc1cc(C(=O)OCC(=O)N[C@@H](C)c2cccs2)ccc1OCC(C)C. The molecule has 0 spiro atoms. The van der Waals surface area contributed by atoms with Crippen LogP contribution in [0.15, 0.2) is 35.7 Å². The molecule has 2 aromatic rings. The van der Waals surface area contributed by atoms with E-state index < -0.39 is 5.97 Å². The van der Waals surface area contributed by atoms with Gasteiger partial charge >= 0.3 is 5.97 Å². The van der Waals surface area contributed by atoms with Crippen LogP contribution >= 0.6 is 11.3 Å². The average Bonchev–Trinajstić information content (AvgIpc) is 3.19. The van der Waals surface area contributed by atoms with Gasteiger partial charge in [-0.2, -0.15) is 0 Å². The van der Waals surface area contributed by atoms with E-state index in [1.54, 1.807) is 29.5 Å². The fraction of sp³-hybridized carbons (Fsp3) is 0.400. The highest BCUT2D eigenvalue weighted by Gasteiger charge is 2.16. The van der Waals surface area contributed by atoms with Crippen LogP contribution in [-0.4, -0.2) is 32.2 Å². The summed E-state index contributed by atoms with van der Waals surface area (Å²) < 4.78 is 16.0. The number of thiophene rings is 1. The van der Waals surface area contributed by atoms with Gasteiger partial charge in [0.05, 0.1) is 25.3 Å². The molecular weight excluding hydrogens is 366 g/mol. The molecule has 7 heteroatoms. The standard InChI is InChI=1S/C20H25NO5S/c1-13(2)11-25-16-8-7-15(10-17(16)24-4)20(23)26-12-19(22)21-14(3)18-6-5-9-27-18/h5-10,13-14H,11-12H2,1-4H3,(H,21,22)/t14-/m0/s1. The van der Waals surface area contributed by atoms with Crippen molar-refractivity contribution in [2.45, 2.75) is 26.8 Å². The zero-order chi connectivity index (χ0) is 19.8. The first-order valence-electron chi connectivity index (χ1n) is 8.71. The maximum absolute atomic E-state index is 12.2. The summed E-state index contributed by atoms with van der Waals surface area (Å²) in [5, 5.41) is 4.74. The quantitative estimate of drug-likeness (QED) is 0.658. The Balaban J connectivity index is 1.90. The zero-order valence-corrected chi connectivity index (χ0v) is 16.8. The molecule has 0 fully saturated rings. The Bertz CT molecular complexity index is 758. The first kappa shape index (κ1) is 20.8. The number of rotatable bonds is 9. The summed E-state index contributed by atoms with van der Waals surface area (Å²) in [6.07, 6.45) is 0. The second-order valence-electron chi connectivity index (χ2n) is 6.45. The van der Waals surface area contributed by atoms with Crippen LogP contribution in [0.1, 0.15) is 42.0 Å². The van der Waals surface area contributed by atoms with Crippen molar-refractivity contribution in [2.75, 3.05) is 20.3 Å².